The van der Waals surface area contributed by atoms with E-state index in [1.165, 1.54) is 19.3 Å². The minimum absolute atomic E-state index is 0.0159. The van der Waals surface area contributed by atoms with Gasteiger partial charge >= 0.3 is 5.97 Å². The maximum atomic E-state index is 12.1. The highest BCUT2D eigenvalue weighted by Gasteiger charge is 2.25. The van der Waals surface area contributed by atoms with Crippen LogP contribution in [0.4, 0.5) is 5.00 Å². The average Bonchev–Trinajstić information content (AvgIpc) is 2.83. The number of ether oxygens (including phenoxy) is 1. The highest BCUT2D eigenvalue weighted by atomic mass is 32.1. The molecule has 24 heavy (non-hydrogen) atoms. The fraction of sp³-hybridized carbons (Fsp3) is 0.467. The van der Waals surface area contributed by atoms with Gasteiger partial charge in [0.05, 0.1) is 17.0 Å². The SMILES string of the molecule is CCOC(=O)c1c(NC(=O)C[NH2+]CC(=O)NC)sc(C(C)=O)c1C. The first-order valence-electron chi connectivity index (χ1n) is 7.45. The molecule has 0 bridgehead atoms. The number of anilines is 1. The number of nitrogens with one attached hydrogen (secondary N) is 2. The van der Waals surface area contributed by atoms with E-state index < -0.39 is 5.97 Å². The van der Waals surface area contributed by atoms with E-state index in [0.29, 0.717) is 10.4 Å². The van der Waals surface area contributed by atoms with Crippen LogP contribution in [0.5, 0.6) is 0 Å². The van der Waals surface area contributed by atoms with Gasteiger partial charge in [0.1, 0.15) is 5.00 Å². The number of Topliss-reactive ketones (excluding diaryl/α,β-unsaturated/α-hetero) is 1. The molecule has 0 atom stereocenters. The molecule has 1 heterocycles. The van der Waals surface area contributed by atoms with E-state index in [-0.39, 0.29) is 47.9 Å². The van der Waals surface area contributed by atoms with Crippen LogP contribution < -0.4 is 16.0 Å². The molecule has 0 aliphatic carbocycles. The van der Waals surface area contributed by atoms with E-state index in [4.69, 9.17) is 4.74 Å². The van der Waals surface area contributed by atoms with E-state index in [0.717, 1.165) is 11.3 Å². The molecule has 0 saturated carbocycles. The first-order chi connectivity index (χ1) is 11.3. The van der Waals surface area contributed by atoms with E-state index in [1.807, 2.05) is 0 Å². The molecule has 0 aliphatic heterocycles. The second-order valence-electron chi connectivity index (χ2n) is 4.96. The molecule has 0 aliphatic rings. The average molecular weight is 356 g/mol. The zero-order valence-electron chi connectivity index (χ0n) is 14.1. The Labute approximate surface area is 143 Å². The Morgan fingerprint density at radius 3 is 2.33 bits per heavy atom. The van der Waals surface area contributed by atoms with Gasteiger partial charge in [-0.1, -0.05) is 0 Å². The van der Waals surface area contributed by atoms with Crippen molar-refractivity contribution in [3.05, 3.63) is 16.0 Å². The summed E-state index contributed by atoms with van der Waals surface area (Å²) in [6.45, 7) is 5.05. The Balaban J connectivity index is 2.91. The van der Waals surface area contributed by atoms with Crippen LogP contribution in [-0.4, -0.2) is 50.3 Å². The Kier molecular flexibility index (Phi) is 7.53. The number of amides is 2. The number of carbonyl (C=O) groups is 4. The number of thiophene rings is 1. The number of hydrogen-bond donors (Lipinski definition) is 3. The van der Waals surface area contributed by atoms with Crippen molar-refractivity contribution in [1.29, 1.82) is 0 Å². The lowest BCUT2D eigenvalue weighted by Crippen LogP contribution is -2.88. The van der Waals surface area contributed by atoms with Crippen molar-refractivity contribution < 1.29 is 29.2 Å². The highest BCUT2D eigenvalue weighted by molar-refractivity contribution is 7.18. The van der Waals surface area contributed by atoms with Crippen LogP contribution in [0.1, 0.15) is 39.4 Å². The van der Waals surface area contributed by atoms with Gasteiger partial charge in [-0.2, -0.15) is 0 Å². The third kappa shape index (κ3) is 5.14. The molecule has 0 unspecified atom stereocenters. The van der Waals surface area contributed by atoms with Crippen molar-refractivity contribution in [1.82, 2.24) is 5.32 Å². The number of carbonyl (C=O) groups excluding carboxylic acids is 4. The van der Waals surface area contributed by atoms with Gasteiger partial charge < -0.3 is 20.7 Å². The number of esters is 1. The summed E-state index contributed by atoms with van der Waals surface area (Å²) in [6.07, 6.45) is 0. The van der Waals surface area contributed by atoms with Crippen LogP contribution in [0.3, 0.4) is 0 Å². The second-order valence-corrected chi connectivity index (χ2v) is 5.98. The maximum absolute atomic E-state index is 12.1. The van der Waals surface area contributed by atoms with Crippen LogP contribution in [-0.2, 0) is 14.3 Å². The van der Waals surface area contributed by atoms with Gasteiger partial charge in [0.2, 0.25) is 0 Å². The predicted molar refractivity (Wildman–Crippen MR) is 89.4 cm³/mol. The van der Waals surface area contributed by atoms with Crippen molar-refractivity contribution in [3.63, 3.8) is 0 Å². The summed E-state index contributed by atoms with van der Waals surface area (Å²) in [5.41, 5.74) is 0.697. The van der Waals surface area contributed by atoms with Crippen molar-refractivity contribution in [2.75, 3.05) is 32.1 Å². The van der Waals surface area contributed by atoms with Crippen LogP contribution in [0, 0.1) is 6.92 Å². The van der Waals surface area contributed by atoms with Crippen LogP contribution in [0.2, 0.25) is 0 Å². The van der Waals surface area contributed by atoms with Crippen molar-refractivity contribution in [2.24, 2.45) is 0 Å². The van der Waals surface area contributed by atoms with Crippen LogP contribution in [0.25, 0.3) is 0 Å². The van der Waals surface area contributed by atoms with Gasteiger partial charge in [0.15, 0.2) is 18.9 Å². The number of quaternary nitrogens is 1. The lowest BCUT2D eigenvalue weighted by molar-refractivity contribution is -0.632. The summed E-state index contributed by atoms with van der Waals surface area (Å²) in [5.74, 6) is -1.33. The smallest absolute Gasteiger partial charge is 0.341 e. The molecule has 0 saturated heterocycles. The second kappa shape index (κ2) is 9.14. The monoisotopic (exact) mass is 356 g/mol. The Morgan fingerprint density at radius 2 is 1.79 bits per heavy atom. The summed E-state index contributed by atoms with van der Waals surface area (Å²) in [7, 11) is 1.51. The normalized spacial score (nSPS) is 10.2. The molecular weight excluding hydrogens is 334 g/mol. The molecule has 1 aromatic rings. The van der Waals surface area contributed by atoms with Crippen LogP contribution >= 0.6 is 11.3 Å². The van der Waals surface area contributed by atoms with E-state index >= 15 is 0 Å². The molecule has 4 N–H and O–H groups in total. The van der Waals surface area contributed by atoms with Gasteiger partial charge in [-0.3, -0.25) is 14.4 Å². The molecule has 1 aromatic heterocycles. The lowest BCUT2D eigenvalue weighted by Gasteiger charge is -2.06. The van der Waals surface area contributed by atoms with Crippen molar-refractivity contribution in [2.45, 2.75) is 20.8 Å². The summed E-state index contributed by atoms with van der Waals surface area (Å²) in [5, 5.41) is 6.89. The molecule has 0 radical (unpaired) electrons. The predicted octanol–water partition coefficient (Wildman–Crippen LogP) is -0.316. The summed E-state index contributed by atoms with van der Waals surface area (Å²) < 4.78 is 5.00. The molecule has 8 nitrogen and oxygen atoms in total. The Hall–Kier alpha value is -2.26. The molecule has 132 valence electrons. The van der Waals surface area contributed by atoms with Crippen LogP contribution in [0.15, 0.2) is 0 Å². The zero-order valence-corrected chi connectivity index (χ0v) is 15.0. The molecule has 2 amide bonds. The molecular formula is C15H22N3O5S+. The zero-order chi connectivity index (χ0) is 18.3. The first kappa shape index (κ1) is 19.8. The van der Waals surface area contributed by atoms with Crippen molar-refractivity contribution in [3.8, 4) is 0 Å². The minimum atomic E-state index is -0.580. The lowest BCUT2D eigenvalue weighted by atomic mass is 10.1. The molecule has 9 heteroatoms. The number of rotatable bonds is 8. The van der Waals surface area contributed by atoms with Gasteiger partial charge in [0.25, 0.3) is 11.8 Å². The third-order valence-corrected chi connectivity index (χ3v) is 4.45. The van der Waals surface area contributed by atoms with Gasteiger partial charge in [-0.25, -0.2) is 4.79 Å². The van der Waals surface area contributed by atoms with E-state index in [2.05, 4.69) is 10.6 Å². The molecule has 0 aromatic carbocycles. The topological polar surface area (TPSA) is 118 Å². The summed E-state index contributed by atoms with van der Waals surface area (Å²) >= 11 is 1.05. The quantitative estimate of drug-likeness (QED) is 0.436. The number of hydrogen-bond acceptors (Lipinski definition) is 6. The Morgan fingerprint density at radius 1 is 1.17 bits per heavy atom. The van der Waals surface area contributed by atoms with Gasteiger partial charge in [-0.05, 0) is 26.3 Å². The number of nitrogens with two attached hydrogens (primary N) is 1. The largest absolute Gasteiger partial charge is 0.462 e. The van der Waals surface area contributed by atoms with Crippen molar-refractivity contribution >= 4 is 39.9 Å². The fourth-order valence-corrected chi connectivity index (χ4v) is 3.11. The standard InChI is InChI=1S/C15H21N3O5S/c1-5-23-15(22)12-8(2)13(9(3)19)24-14(12)18-11(21)7-17-6-10(20)16-4/h17H,5-7H2,1-4H3,(H,16,20)(H,18,21)/p+1. The van der Waals surface area contributed by atoms with E-state index in [1.54, 1.807) is 13.8 Å². The first-order valence-corrected chi connectivity index (χ1v) is 8.26. The van der Waals surface area contributed by atoms with E-state index in [9.17, 15) is 19.2 Å². The summed E-state index contributed by atoms with van der Waals surface area (Å²) in [4.78, 5) is 47.3. The van der Waals surface area contributed by atoms with Gasteiger partial charge in [-0.15, -0.1) is 11.3 Å². The molecule has 1 rings (SSSR count). The highest BCUT2D eigenvalue weighted by Crippen LogP contribution is 2.33. The van der Waals surface area contributed by atoms with Gasteiger partial charge in [0, 0.05) is 7.05 Å². The third-order valence-electron chi connectivity index (χ3n) is 3.14. The number of ketones is 1. The molecule has 0 fully saturated rings. The minimum Gasteiger partial charge on any atom is -0.462 e. The fourth-order valence-electron chi connectivity index (χ4n) is 2.00. The Bertz CT molecular complexity index is 654. The summed E-state index contributed by atoms with van der Waals surface area (Å²) in [6, 6.07) is 0. The molecule has 0 spiro atoms. The number of likely N-dealkylation sites (N-methyl/N-ethyl adjacent to an activating group) is 1. The maximum Gasteiger partial charge on any atom is 0.341 e.